The second-order valence-corrected chi connectivity index (χ2v) is 7.26. The van der Waals surface area contributed by atoms with E-state index in [0.717, 1.165) is 24.8 Å². The van der Waals surface area contributed by atoms with Crippen LogP contribution in [0.4, 0.5) is 0 Å². The van der Waals surface area contributed by atoms with Crippen LogP contribution >= 0.6 is 0 Å². The predicted molar refractivity (Wildman–Crippen MR) is 121 cm³/mol. The van der Waals surface area contributed by atoms with E-state index in [1.54, 1.807) is 12.1 Å². The summed E-state index contributed by atoms with van der Waals surface area (Å²) in [5.74, 6) is -1.34. The van der Waals surface area contributed by atoms with Crippen molar-refractivity contribution in [2.75, 3.05) is 20.8 Å². The van der Waals surface area contributed by atoms with Crippen LogP contribution in [-0.2, 0) is 20.8 Å². The summed E-state index contributed by atoms with van der Waals surface area (Å²) in [4.78, 5) is 25.4. The average molecular weight is 437 g/mol. The third kappa shape index (κ3) is 5.23. The fourth-order valence-corrected chi connectivity index (χ4v) is 3.41. The second-order valence-electron chi connectivity index (χ2n) is 7.26. The van der Waals surface area contributed by atoms with Gasteiger partial charge in [0.1, 0.15) is 11.3 Å². The number of nitrogens with zero attached hydrogens (tertiary/aromatic N) is 2. The summed E-state index contributed by atoms with van der Waals surface area (Å²) in [7, 11) is 2.54. The van der Waals surface area contributed by atoms with Gasteiger partial charge in [0.05, 0.1) is 26.5 Å². The SMILES string of the molecule is CCCCCOCc1cccc(-c2nn(-c3ccccc3)c(C(=O)OC)c2C(=O)OC)c1. The highest BCUT2D eigenvalue weighted by atomic mass is 16.5. The van der Waals surface area contributed by atoms with E-state index >= 15 is 0 Å². The molecule has 0 saturated carbocycles. The molecule has 168 valence electrons. The van der Waals surface area contributed by atoms with E-state index in [9.17, 15) is 9.59 Å². The molecule has 0 fully saturated rings. The lowest BCUT2D eigenvalue weighted by atomic mass is 10.0. The van der Waals surface area contributed by atoms with Gasteiger partial charge < -0.3 is 14.2 Å². The highest BCUT2D eigenvalue weighted by Crippen LogP contribution is 2.30. The molecule has 1 aromatic heterocycles. The Kier molecular flexibility index (Phi) is 8.16. The van der Waals surface area contributed by atoms with Crippen molar-refractivity contribution < 1.29 is 23.8 Å². The van der Waals surface area contributed by atoms with Gasteiger partial charge in [0.2, 0.25) is 0 Å². The number of benzene rings is 2. The zero-order chi connectivity index (χ0) is 22.9. The van der Waals surface area contributed by atoms with Gasteiger partial charge in [-0.25, -0.2) is 14.3 Å². The highest BCUT2D eigenvalue weighted by molar-refractivity contribution is 6.06. The fraction of sp³-hybridized carbons (Fsp3) is 0.320. The third-order valence-electron chi connectivity index (χ3n) is 5.02. The van der Waals surface area contributed by atoms with Crippen molar-refractivity contribution in [2.24, 2.45) is 0 Å². The molecular weight excluding hydrogens is 408 g/mol. The van der Waals surface area contributed by atoms with E-state index in [4.69, 9.17) is 14.2 Å². The number of unbranched alkanes of at least 4 members (excludes halogenated alkanes) is 2. The van der Waals surface area contributed by atoms with Gasteiger partial charge in [-0.15, -0.1) is 0 Å². The molecule has 0 unspecified atom stereocenters. The fourth-order valence-electron chi connectivity index (χ4n) is 3.41. The maximum absolute atomic E-state index is 12.7. The van der Waals surface area contributed by atoms with Crippen LogP contribution in [0.15, 0.2) is 54.6 Å². The lowest BCUT2D eigenvalue weighted by molar-refractivity contribution is 0.0549. The lowest BCUT2D eigenvalue weighted by Gasteiger charge is -2.07. The van der Waals surface area contributed by atoms with Gasteiger partial charge in [-0.2, -0.15) is 5.10 Å². The van der Waals surface area contributed by atoms with Gasteiger partial charge in [-0.05, 0) is 30.2 Å². The molecule has 0 amide bonds. The zero-order valence-corrected chi connectivity index (χ0v) is 18.7. The number of carbonyl (C=O) groups is 2. The maximum atomic E-state index is 12.7. The van der Waals surface area contributed by atoms with Crippen LogP contribution in [0.3, 0.4) is 0 Å². The summed E-state index contributed by atoms with van der Waals surface area (Å²) >= 11 is 0. The van der Waals surface area contributed by atoms with Crippen LogP contribution in [0.5, 0.6) is 0 Å². The molecule has 0 N–H and O–H groups in total. The number of para-hydroxylation sites is 1. The first-order valence-electron chi connectivity index (χ1n) is 10.6. The second kappa shape index (κ2) is 11.2. The van der Waals surface area contributed by atoms with E-state index in [1.807, 2.05) is 42.5 Å². The summed E-state index contributed by atoms with van der Waals surface area (Å²) < 4.78 is 17.1. The molecule has 0 saturated heterocycles. The molecule has 0 radical (unpaired) electrons. The van der Waals surface area contributed by atoms with Gasteiger partial charge in [-0.1, -0.05) is 56.2 Å². The molecule has 32 heavy (non-hydrogen) atoms. The van der Waals surface area contributed by atoms with Crippen LogP contribution in [0.25, 0.3) is 16.9 Å². The first-order valence-corrected chi connectivity index (χ1v) is 10.6. The predicted octanol–water partition coefficient (Wildman–Crippen LogP) is 4.82. The smallest absolute Gasteiger partial charge is 0.357 e. The van der Waals surface area contributed by atoms with Gasteiger partial charge in [-0.3, -0.25) is 0 Å². The minimum absolute atomic E-state index is 0.0155. The minimum Gasteiger partial charge on any atom is -0.465 e. The maximum Gasteiger partial charge on any atom is 0.357 e. The monoisotopic (exact) mass is 436 g/mol. The third-order valence-corrected chi connectivity index (χ3v) is 5.02. The molecule has 0 aliphatic heterocycles. The zero-order valence-electron chi connectivity index (χ0n) is 18.7. The number of esters is 2. The van der Waals surface area contributed by atoms with Crippen LogP contribution in [0, 0.1) is 0 Å². The number of methoxy groups -OCH3 is 2. The largest absolute Gasteiger partial charge is 0.465 e. The van der Waals surface area contributed by atoms with Gasteiger partial charge in [0, 0.05) is 12.2 Å². The first kappa shape index (κ1) is 23.2. The minimum atomic E-state index is -0.677. The Bertz CT molecular complexity index is 1060. The molecule has 0 aliphatic rings. The molecule has 0 bridgehead atoms. The molecular formula is C25H28N2O5. The number of hydrogen-bond donors (Lipinski definition) is 0. The molecule has 1 heterocycles. The van der Waals surface area contributed by atoms with Gasteiger partial charge in [0.15, 0.2) is 5.69 Å². The van der Waals surface area contributed by atoms with Crippen molar-refractivity contribution >= 4 is 11.9 Å². The normalized spacial score (nSPS) is 10.7. The lowest BCUT2D eigenvalue weighted by Crippen LogP contribution is -2.15. The van der Waals surface area contributed by atoms with E-state index in [2.05, 4.69) is 12.0 Å². The van der Waals surface area contributed by atoms with Crippen LogP contribution in [0.1, 0.15) is 52.6 Å². The summed E-state index contributed by atoms with van der Waals surface area (Å²) in [5, 5.41) is 4.62. The quantitative estimate of drug-likeness (QED) is 0.335. The van der Waals surface area contributed by atoms with E-state index in [-0.39, 0.29) is 11.3 Å². The molecule has 0 spiro atoms. The summed E-state index contributed by atoms with van der Waals surface area (Å²) in [6.45, 7) is 3.30. The Morgan fingerprint density at radius 2 is 1.69 bits per heavy atom. The molecule has 0 aliphatic carbocycles. The molecule has 3 aromatic rings. The van der Waals surface area contributed by atoms with Crippen LogP contribution in [-0.4, -0.2) is 42.5 Å². The molecule has 7 heteroatoms. The van der Waals surface area contributed by atoms with Crippen molar-refractivity contribution in [3.63, 3.8) is 0 Å². The molecule has 7 nitrogen and oxygen atoms in total. The number of carbonyl (C=O) groups excluding carboxylic acids is 2. The van der Waals surface area contributed by atoms with Crippen molar-refractivity contribution in [3.05, 3.63) is 71.4 Å². The summed E-state index contributed by atoms with van der Waals surface area (Å²) in [6.07, 6.45) is 3.30. The molecule has 2 aromatic carbocycles. The van der Waals surface area contributed by atoms with Crippen molar-refractivity contribution in [1.29, 1.82) is 0 Å². The molecule has 3 rings (SSSR count). The van der Waals surface area contributed by atoms with E-state index in [1.165, 1.54) is 18.9 Å². The summed E-state index contributed by atoms with van der Waals surface area (Å²) in [5.41, 5.74) is 2.67. The Morgan fingerprint density at radius 1 is 0.938 bits per heavy atom. The van der Waals surface area contributed by atoms with E-state index < -0.39 is 11.9 Å². The summed E-state index contributed by atoms with van der Waals surface area (Å²) in [6, 6.07) is 16.7. The Labute approximate surface area is 187 Å². The Balaban J connectivity index is 2.06. The Hall–Kier alpha value is -3.45. The number of hydrogen-bond acceptors (Lipinski definition) is 6. The van der Waals surface area contributed by atoms with E-state index in [0.29, 0.717) is 30.2 Å². The standard InChI is InChI=1S/C25H28N2O5/c1-4-5-9-15-32-17-18-11-10-12-19(16-18)22-21(24(28)30-2)23(25(29)31-3)27(26-22)20-13-7-6-8-14-20/h6-8,10-14,16H,4-5,9,15,17H2,1-3H3. The highest BCUT2D eigenvalue weighted by Gasteiger charge is 2.31. The number of aromatic nitrogens is 2. The molecule has 0 atom stereocenters. The topological polar surface area (TPSA) is 79.7 Å². The van der Waals surface area contributed by atoms with Crippen LogP contribution < -0.4 is 0 Å². The number of ether oxygens (including phenoxy) is 3. The van der Waals surface area contributed by atoms with Gasteiger partial charge >= 0.3 is 11.9 Å². The van der Waals surface area contributed by atoms with Crippen LogP contribution in [0.2, 0.25) is 0 Å². The average Bonchev–Trinajstić information content (AvgIpc) is 3.24. The van der Waals surface area contributed by atoms with Crippen molar-refractivity contribution in [3.8, 4) is 16.9 Å². The first-order chi connectivity index (χ1) is 15.6. The Morgan fingerprint density at radius 3 is 2.38 bits per heavy atom. The van der Waals surface area contributed by atoms with Crippen molar-refractivity contribution in [1.82, 2.24) is 9.78 Å². The van der Waals surface area contributed by atoms with Gasteiger partial charge in [0.25, 0.3) is 0 Å². The number of rotatable bonds is 10. The van der Waals surface area contributed by atoms with Crippen molar-refractivity contribution in [2.45, 2.75) is 32.8 Å².